The van der Waals surface area contributed by atoms with Gasteiger partial charge in [-0.3, -0.25) is 4.90 Å². The molecule has 1 saturated carbocycles. The Morgan fingerprint density at radius 2 is 1.74 bits per heavy atom. The molecule has 1 aliphatic carbocycles. The fourth-order valence-electron chi connectivity index (χ4n) is 4.63. The molecule has 3 aromatic rings. The first kappa shape index (κ1) is 26.2. The van der Waals surface area contributed by atoms with E-state index < -0.39 is 23.5 Å². The quantitative estimate of drug-likeness (QED) is 0.371. The number of hydrogen-bond donors (Lipinski definition) is 1. The van der Waals surface area contributed by atoms with Crippen LogP contribution in [-0.4, -0.2) is 40.0 Å². The van der Waals surface area contributed by atoms with Crippen molar-refractivity contribution in [1.82, 2.24) is 19.9 Å². The predicted octanol–water partition coefficient (Wildman–Crippen LogP) is 6.06. The summed E-state index contributed by atoms with van der Waals surface area (Å²) < 4.78 is 79.9. The third-order valence-corrected chi connectivity index (χ3v) is 6.66. The number of nitrogens with one attached hydrogen (secondary N) is 1. The van der Waals surface area contributed by atoms with Gasteiger partial charge in [0.05, 0.1) is 29.9 Å². The van der Waals surface area contributed by atoms with E-state index >= 15 is 0 Å². The maximum Gasteiger partial charge on any atom is 0.419 e. The molecule has 5 rings (SSSR count). The van der Waals surface area contributed by atoms with Crippen LogP contribution in [0.5, 0.6) is 0 Å². The highest BCUT2D eigenvalue weighted by Crippen LogP contribution is 2.38. The van der Waals surface area contributed by atoms with Crippen molar-refractivity contribution < 1.29 is 26.3 Å². The normalized spacial score (nSPS) is 16.1. The molecule has 1 N–H and O–H groups in total. The smallest absolute Gasteiger partial charge is 0.350 e. The van der Waals surface area contributed by atoms with Crippen molar-refractivity contribution in [3.63, 3.8) is 0 Å². The fraction of sp³-hybridized carbons (Fsp3) is 0.423. The standard InChI is InChI=1S/C26H26F6N6/c1-37(13-16-4-5-16)15-22-35-21-14-38(24-20(26(30,31)32)3-2-11-33-24)12-10-19(21)23(36-22)34-18-8-6-17(7-9-18)25(27,28)29/h2-3,6-9,11,16H,4-5,10,12-15H2,1H3,(H,34,35,36). The minimum atomic E-state index is -4.55. The van der Waals surface area contributed by atoms with Crippen LogP contribution in [0.1, 0.15) is 41.1 Å². The van der Waals surface area contributed by atoms with Crippen molar-refractivity contribution in [2.75, 3.05) is 30.4 Å². The van der Waals surface area contributed by atoms with Crippen LogP contribution >= 0.6 is 0 Å². The van der Waals surface area contributed by atoms with E-state index in [1.54, 1.807) is 4.90 Å². The molecule has 12 heteroatoms. The molecule has 2 aliphatic rings. The first-order valence-corrected chi connectivity index (χ1v) is 12.3. The van der Waals surface area contributed by atoms with Crippen LogP contribution in [0.4, 0.5) is 43.7 Å². The zero-order valence-corrected chi connectivity index (χ0v) is 20.6. The van der Waals surface area contributed by atoms with E-state index in [4.69, 9.17) is 4.98 Å². The molecule has 0 radical (unpaired) electrons. The second kappa shape index (κ2) is 10.0. The lowest BCUT2D eigenvalue weighted by Gasteiger charge is -2.32. The minimum Gasteiger partial charge on any atom is -0.350 e. The van der Waals surface area contributed by atoms with Gasteiger partial charge in [-0.05, 0) is 68.6 Å². The molecule has 38 heavy (non-hydrogen) atoms. The molecule has 0 amide bonds. The molecule has 1 fully saturated rings. The number of hydrogen-bond acceptors (Lipinski definition) is 6. The highest BCUT2D eigenvalue weighted by atomic mass is 19.4. The van der Waals surface area contributed by atoms with Gasteiger partial charge in [-0.1, -0.05) is 0 Å². The summed E-state index contributed by atoms with van der Waals surface area (Å²) in [7, 11) is 1.96. The van der Waals surface area contributed by atoms with Crippen molar-refractivity contribution in [3.8, 4) is 0 Å². The molecule has 1 aliphatic heterocycles. The Balaban J connectivity index is 1.46. The van der Waals surface area contributed by atoms with E-state index in [0.717, 1.165) is 30.3 Å². The van der Waals surface area contributed by atoms with Gasteiger partial charge in [0.15, 0.2) is 0 Å². The van der Waals surface area contributed by atoms with E-state index in [1.165, 1.54) is 37.2 Å². The van der Waals surface area contributed by atoms with Gasteiger partial charge in [0, 0.05) is 30.5 Å². The average molecular weight is 537 g/mol. The van der Waals surface area contributed by atoms with Gasteiger partial charge in [-0.2, -0.15) is 26.3 Å². The van der Waals surface area contributed by atoms with Crippen molar-refractivity contribution in [2.45, 2.75) is 44.7 Å². The number of benzene rings is 1. The third kappa shape index (κ3) is 6.01. The molecule has 6 nitrogen and oxygen atoms in total. The third-order valence-electron chi connectivity index (χ3n) is 6.66. The van der Waals surface area contributed by atoms with Gasteiger partial charge < -0.3 is 10.2 Å². The highest BCUT2D eigenvalue weighted by Gasteiger charge is 2.37. The van der Waals surface area contributed by atoms with Crippen molar-refractivity contribution in [2.24, 2.45) is 5.92 Å². The summed E-state index contributed by atoms with van der Waals surface area (Å²) in [4.78, 5) is 17.0. The van der Waals surface area contributed by atoms with Crippen molar-refractivity contribution in [3.05, 3.63) is 70.8 Å². The zero-order valence-electron chi connectivity index (χ0n) is 20.6. The summed E-state index contributed by atoms with van der Waals surface area (Å²) in [5.41, 5.74) is 0.128. The van der Waals surface area contributed by atoms with E-state index in [0.29, 0.717) is 41.9 Å². The molecule has 0 atom stereocenters. The number of alkyl halides is 6. The lowest BCUT2D eigenvalue weighted by atomic mass is 10.0. The van der Waals surface area contributed by atoms with Crippen LogP contribution in [0.25, 0.3) is 0 Å². The molecule has 0 spiro atoms. The number of pyridine rings is 1. The SMILES string of the molecule is CN(Cc1nc2c(c(Nc3ccc(C(F)(F)F)cc3)n1)CCN(c1ncccc1C(F)(F)F)C2)CC1CC1. The number of fused-ring (bicyclic) bond motifs is 1. The Morgan fingerprint density at radius 1 is 1.00 bits per heavy atom. The molecule has 202 valence electrons. The number of aromatic nitrogens is 3. The summed E-state index contributed by atoms with van der Waals surface area (Å²) >= 11 is 0. The van der Waals surface area contributed by atoms with Crippen molar-refractivity contribution in [1.29, 1.82) is 0 Å². The van der Waals surface area contributed by atoms with Crippen LogP contribution in [0.15, 0.2) is 42.6 Å². The van der Waals surface area contributed by atoms with Gasteiger partial charge >= 0.3 is 12.4 Å². The summed E-state index contributed by atoms with van der Waals surface area (Å²) in [5, 5.41) is 3.12. The van der Waals surface area contributed by atoms with E-state index in [1.807, 2.05) is 7.05 Å². The first-order chi connectivity index (χ1) is 18.0. The average Bonchev–Trinajstić information content (AvgIpc) is 3.67. The highest BCUT2D eigenvalue weighted by molar-refractivity contribution is 5.62. The fourth-order valence-corrected chi connectivity index (χ4v) is 4.63. The predicted molar refractivity (Wildman–Crippen MR) is 130 cm³/mol. The Labute approximate surface area is 215 Å². The molecular weight excluding hydrogens is 510 g/mol. The molecule has 1 aromatic carbocycles. The monoisotopic (exact) mass is 536 g/mol. The topological polar surface area (TPSA) is 57.2 Å². The number of halogens is 6. The van der Waals surface area contributed by atoms with E-state index in [9.17, 15) is 26.3 Å². The zero-order chi connectivity index (χ0) is 27.1. The summed E-state index contributed by atoms with van der Waals surface area (Å²) in [5.74, 6) is 1.42. The Hall–Kier alpha value is -3.41. The van der Waals surface area contributed by atoms with Crippen molar-refractivity contribution >= 4 is 17.3 Å². The maximum atomic E-state index is 13.6. The van der Waals surface area contributed by atoms with Gasteiger partial charge in [0.1, 0.15) is 17.5 Å². The molecule has 0 bridgehead atoms. The molecule has 3 heterocycles. The summed E-state index contributed by atoms with van der Waals surface area (Å²) in [6.45, 7) is 1.66. The molecule has 0 saturated heterocycles. The van der Waals surface area contributed by atoms with Gasteiger partial charge in [0.25, 0.3) is 0 Å². The minimum absolute atomic E-state index is 0.0962. The Morgan fingerprint density at radius 3 is 2.39 bits per heavy atom. The van der Waals surface area contributed by atoms with Crippen LogP contribution in [0.2, 0.25) is 0 Å². The summed E-state index contributed by atoms with van der Waals surface area (Å²) in [6.07, 6.45) is -4.98. The lowest BCUT2D eigenvalue weighted by molar-refractivity contribution is -0.138. The largest absolute Gasteiger partial charge is 0.419 e. The van der Waals surface area contributed by atoms with E-state index in [-0.39, 0.29) is 18.9 Å². The number of nitrogens with zero attached hydrogens (tertiary/aromatic N) is 5. The molecular formula is C26H26F6N6. The number of anilines is 3. The van der Waals surface area contributed by atoms with Gasteiger partial charge in [-0.15, -0.1) is 0 Å². The van der Waals surface area contributed by atoms with Gasteiger partial charge in [-0.25, -0.2) is 15.0 Å². The van der Waals surface area contributed by atoms with Gasteiger partial charge in [0.2, 0.25) is 0 Å². The molecule has 2 aromatic heterocycles. The van der Waals surface area contributed by atoms with Crippen LogP contribution < -0.4 is 10.2 Å². The lowest BCUT2D eigenvalue weighted by Crippen LogP contribution is -2.34. The Bertz CT molecular complexity index is 1290. The second-order valence-corrected chi connectivity index (χ2v) is 9.80. The van der Waals surface area contributed by atoms with Crippen LogP contribution in [0.3, 0.4) is 0 Å². The Kier molecular flexibility index (Phi) is 6.93. The summed E-state index contributed by atoms with van der Waals surface area (Å²) in [6, 6.07) is 6.90. The van der Waals surface area contributed by atoms with Crippen LogP contribution in [-0.2, 0) is 31.9 Å². The second-order valence-electron chi connectivity index (χ2n) is 9.80. The first-order valence-electron chi connectivity index (χ1n) is 12.3. The van der Waals surface area contributed by atoms with E-state index in [2.05, 4.69) is 20.2 Å². The number of rotatable bonds is 7. The molecule has 0 unspecified atom stereocenters. The van der Waals surface area contributed by atoms with Crippen LogP contribution in [0, 0.1) is 5.92 Å². The maximum absolute atomic E-state index is 13.6.